The molecule has 0 spiro atoms. The number of hydrogen-bond donors (Lipinski definition) is 1. The van der Waals surface area contributed by atoms with Gasteiger partial charge in [-0.2, -0.15) is 0 Å². The molecule has 0 bridgehead atoms. The fourth-order valence-electron chi connectivity index (χ4n) is 3.71. The van der Waals surface area contributed by atoms with Gasteiger partial charge in [0.15, 0.2) is 0 Å². The highest BCUT2D eigenvalue weighted by Gasteiger charge is 2.36. The molecule has 20 heavy (non-hydrogen) atoms. The van der Waals surface area contributed by atoms with Gasteiger partial charge < -0.3 is 10.0 Å². The third-order valence-corrected chi connectivity index (χ3v) is 4.69. The monoisotopic (exact) mass is 277 g/mol. The van der Waals surface area contributed by atoms with Crippen LogP contribution in [0.25, 0.3) is 0 Å². The highest BCUT2D eigenvalue weighted by molar-refractivity contribution is 5.97. The molecular weight excluding hydrogens is 257 g/mol. The van der Waals surface area contributed by atoms with Crippen LogP contribution in [0.2, 0.25) is 0 Å². The predicted octanol–water partition coefficient (Wildman–Crippen LogP) is 3.33. The van der Waals surface area contributed by atoms with E-state index in [0.717, 1.165) is 31.9 Å². The number of carbonyl (C=O) groups excluding carboxylic acids is 1. The number of fused-ring (bicyclic) bond motifs is 1. The van der Waals surface area contributed by atoms with E-state index < -0.39 is 5.82 Å². The van der Waals surface area contributed by atoms with E-state index in [0.29, 0.717) is 5.92 Å². The second kappa shape index (κ2) is 5.43. The van der Waals surface area contributed by atoms with Gasteiger partial charge in [-0.15, -0.1) is 0 Å². The van der Waals surface area contributed by atoms with E-state index in [1.165, 1.54) is 31.4 Å². The zero-order valence-corrected chi connectivity index (χ0v) is 11.5. The maximum Gasteiger partial charge on any atom is 0.257 e. The first-order valence-electron chi connectivity index (χ1n) is 7.46. The summed E-state index contributed by atoms with van der Waals surface area (Å²) < 4.78 is 13.3. The van der Waals surface area contributed by atoms with Gasteiger partial charge in [-0.3, -0.25) is 4.79 Å². The molecule has 2 aliphatic rings. The first kappa shape index (κ1) is 13.4. The van der Waals surface area contributed by atoms with Crippen molar-refractivity contribution in [2.45, 2.75) is 44.6 Å². The van der Waals surface area contributed by atoms with Crippen molar-refractivity contribution in [2.24, 2.45) is 5.92 Å². The number of nitrogens with zero attached hydrogens (tertiary/aromatic N) is 1. The smallest absolute Gasteiger partial charge is 0.257 e. The topological polar surface area (TPSA) is 40.5 Å². The van der Waals surface area contributed by atoms with Crippen LogP contribution in [-0.2, 0) is 0 Å². The first-order valence-corrected chi connectivity index (χ1v) is 7.46. The van der Waals surface area contributed by atoms with Gasteiger partial charge in [-0.1, -0.05) is 12.8 Å². The predicted molar refractivity (Wildman–Crippen MR) is 74.1 cm³/mol. The van der Waals surface area contributed by atoms with Crippen molar-refractivity contribution in [3.8, 4) is 5.75 Å². The molecule has 3 nitrogen and oxygen atoms in total. The van der Waals surface area contributed by atoms with Gasteiger partial charge in [0.2, 0.25) is 0 Å². The molecule has 1 amide bonds. The highest BCUT2D eigenvalue weighted by Crippen LogP contribution is 2.36. The van der Waals surface area contributed by atoms with Crippen LogP contribution in [0, 0.1) is 11.7 Å². The Balaban J connectivity index is 1.87. The third-order valence-electron chi connectivity index (χ3n) is 4.69. The van der Waals surface area contributed by atoms with Gasteiger partial charge in [0.1, 0.15) is 11.6 Å². The van der Waals surface area contributed by atoms with Crippen LogP contribution in [0.5, 0.6) is 5.75 Å². The number of aromatic hydroxyl groups is 1. The van der Waals surface area contributed by atoms with Crippen molar-refractivity contribution in [3.63, 3.8) is 0 Å². The fourth-order valence-corrected chi connectivity index (χ4v) is 3.71. The quantitative estimate of drug-likeness (QED) is 0.855. The number of amides is 1. The number of phenols is 1. The highest BCUT2D eigenvalue weighted by atomic mass is 19.1. The second-order valence-electron chi connectivity index (χ2n) is 5.91. The molecule has 2 atom stereocenters. The van der Waals surface area contributed by atoms with E-state index in [1.54, 1.807) is 0 Å². The summed E-state index contributed by atoms with van der Waals surface area (Å²) in [5.41, 5.74) is 0.0937. The Morgan fingerprint density at radius 1 is 1.20 bits per heavy atom. The van der Waals surface area contributed by atoms with Crippen LogP contribution in [0.3, 0.4) is 0 Å². The average molecular weight is 277 g/mol. The number of piperidine rings is 1. The van der Waals surface area contributed by atoms with Crippen LogP contribution in [0.15, 0.2) is 18.2 Å². The number of phenolic OH excluding ortho intramolecular Hbond substituents is 1. The van der Waals surface area contributed by atoms with E-state index >= 15 is 0 Å². The summed E-state index contributed by atoms with van der Waals surface area (Å²) in [4.78, 5) is 14.5. The third kappa shape index (κ3) is 2.39. The Morgan fingerprint density at radius 3 is 2.80 bits per heavy atom. The lowest BCUT2D eigenvalue weighted by atomic mass is 9.78. The van der Waals surface area contributed by atoms with Crippen molar-refractivity contribution < 1.29 is 14.3 Å². The van der Waals surface area contributed by atoms with E-state index in [-0.39, 0.29) is 23.3 Å². The molecular formula is C16H20FNO2. The van der Waals surface area contributed by atoms with Crippen LogP contribution in [-0.4, -0.2) is 28.5 Å². The van der Waals surface area contributed by atoms with Crippen LogP contribution in [0.1, 0.15) is 48.9 Å². The van der Waals surface area contributed by atoms with E-state index in [1.807, 2.05) is 4.90 Å². The first-order chi connectivity index (χ1) is 9.66. The lowest BCUT2D eigenvalue weighted by molar-refractivity contribution is 0.0387. The Bertz CT molecular complexity index is 515. The van der Waals surface area contributed by atoms with Gasteiger partial charge in [0.25, 0.3) is 5.91 Å². The maximum absolute atomic E-state index is 13.3. The summed E-state index contributed by atoms with van der Waals surface area (Å²) in [7, 11) is 0. The normalized spacial score (nSPS) is 26.1. The molecule has 1 aromatic carbocycles. The number of benzene rings is 1. The van der Waals surface area contributed by atoms with Crippen molar-refractivity contribution in [1.82, 2.24) is 4.90 Å². The molecule has 1 N–H and O–H groups in total. The van der Waals surface area contributed by atoms with Crippen molar-refractivity contribution in [1.29, 1.82) is 0 Å². The lowest BCUT2D eigenvalue weighted by Crippen LogP contribution is -2.49. The summed E-state index contributed by atoms with van der Waals surface area (Å²) >= 11 is 0. The van der Waals surface area contributed by atoms with Gasteiger partial charge in [-0.25, -0.2) is 4.39 Å². The Hall–Kier alpha value is -1.58. The molecule has 0 radical (unpaired) electrons. The number of carbonyl (C=O) groups is 1. The van der Waals surface area contributed by atoms with Crippen molar-refractivity contribution >= 4 is 5.91 Å². The van der Waals surface area contributed by atoms with Gasteiger partial charge in [-0.05, 0) is 49.8 Å². The van der Waals surface area contributed by atoms with Crippen LogP contribution in [0.4, 0.5) is 4.39 Å². The Kier molecular flexibility index (Phi) is 3.64. The molecule has 2 fully saturated rings. The van der Waals surface area contributed by atoms with Crippen LogP contribution < -0.4 is 0 Å². The summed E-state index contributed by atoms with van der Waals surface area (Å²) in [6.07, 6.45) is 6.80. The minimum absolute atomic E-state index is 0.0937. The summed E-state index contributed by atoms with van der Waals surface area (Å²) in [6, 6.07) is 3.84. The average Bonchev–Trinajstić information content (AvgIpc) is 2.48. The summed E-state index contributed by atoms with van der Waals surface area (Å²) in [5, 5.41) is 9.82. The van der Waals surface area contributed by atoms with Gasteiger partial charge in [0.05, 0.1) is 5.56 Å². The van der Waals surface area contributed by atoms with E-state index in [4.69, 9.17) is 0 Å². The molecule has 1 saturated carbocycles. The fraction of sp³-hybridized carbons (Fsp3) is 0.562. The molecule has 1 heterocycles. The van der Waals surface area contributed by atoms with Gasteiger partial charge >= 0.3 is 0 Å². The molecule has 108 valence electrons. The minimum atomic E-state index is -0.483. The number of likely N-dealkylation sites (tertiary alicyclic amines) is 1. The molecule has 1 aliphatic carbocycles. The standard InChI is InChI=1S/C16H20FNO2/c17-12-7-8-15(19)13(10-12)16(20)18-9-3-5-11-4-1-2-6-14(11)18/h7-8,10-11,14,19H,1-6,9H2/t11-,14-/m1/s1. The zero-order chi connectivity index (χ0) is 14.1. The SMILES string of the molecule is O=C(c1cc(F)ccc1O)N1CCC[C@H]2CCCC[C@H]21. The molecule has 1 saturated heterocycles. The minimum Gasteiger partial charge on any atom is -0.507 e. The van der Waals surface area contributed by atoms with Crippen molar-refractivity contribution in [3.05, 3.63) is 29.6 Å². The second-order valence-corrected chi connectivity index (χ2v) is 5.91. The Morgan fingerprint density at radius 2 is 1.95 bits per heavy atom. The molecule has 3 rings (SSSR count). The molecule has 1 aromatic rings. The largest absolute Gasteiger partial charge is 0.507 e. The molecule has 0 unspecified atom stereocenters. The number of halogens is 1. The molecule has 4 heteroatoms. The maximum atomic E-state index is 13.3. The van der Waals surface area contributed by atoms with E-state index in [2.05, 4.69) is 0 Å². The number of hydrogen-bond acceptors (Lipinski definition) is 2. The lowest BCUT2D eigenvalue weighted by Gasteiger charge is -2.44. The Labute approximate surface area is 118 Å². The summed E-state index contributed by atoms with van der Waals surface area (Å²) in [6.45, 7) is 0.718. The van der Waals surface area contributed by atoms with Gasteiger partial charge in [0, 0.05) is 12.6 Å². The number of rotatable bonds is 1. The van der Waals surface area contributed by atoms with E-state index in [9.17, 15) is 14.3 Å². The van der Waals surface area contributed by atoms with Crippen LogP contribution >= 0.6 is 0 Å². The van der Waals surface area contributed by atoms with Crippen molar-refractivity contribution in [2.75, 3.05) is 6.54 Å². The zero-order valence-electron chi connectivity index (χ0n) is 11.5. The summed E-state index contributed by atoms with van der Waals surface area (Å²) in [5.74, 6) is -0.256. The molecule has 0 aromatic heterocycles. The molecule has 1 aliphatic heterocycles.